The highest BCUT2D eigenvalue weighted by Gasteiger charge is 2.11. The lowest BCUT2D eigenvalue weighted by Crippen LogP contribution is -2.07. The Hall–Kier alpha value is -1.39. The summed E-state index contributed by atoms with van der Waals surface area (Å²) in [5, 5.41) is 3.73. The van der Waals surface area contributed by atoms with Gasteiger partial charge >= 0.3 is 5.97 Å². The second kappa shape index (κ2) is 5.36. The lowest BCUT2D eigenvalue weighted by molar-refractivity contribution is -0.142. The van der Waals surface area contributed by atoms with E-state index < -0.39 is 0 Å². The molecule has 0 atom stereocenters. The van der Waals surface area contributed by atoms with Crippen molar-refractivity contribution in [3.63, 3.8) is 0 Å². The molecule has 0 saturated carbocycles. The van der Waals surface area contributed by atoms with Crippen LogP contribution in [-0.2, 0) is 22.4 Å². The van der Waals surface area contributed by atoms with Gasteiger partial charge in [0.25, 0.3) is 0 Å². The summed E-state index contributed by atoms with van der Waals surface area (Å²) in [6.45, 7) is 4.16. The molecule has 0 radical (unpaired) electrons. The van der Waals surface area contributed by atoms with Gasteiger partial charge in [-0.1, -0.05) is 12.1 Å². The van der Waals surface area contributed by atoms with Crippen LogP contribution in [0, 0.1) is 0 Å². The van der Waals surface area contributed by atoms with Crippen molar-refractivity contribution in [2.24, 2.45) is 0 Å². The van der Waals surface area contributed by atoms with E-state index in [0.717, 1.165) is 12.8 Å². The number of hydrogen-bond donors (Lipinski definition) is 0. The van der Waals surface area contributed by atoms with E-state index in [4.69, 9.17) is 9.26 Å². The third-order valence-corrected chi connectivity index (χ3v) is 1.58. The molecule has 78 valence electrons. The molecule has 1 heterocycles. The Morgan fingerprint density at radius 1 is 1.50 bits per heavy atom. The number of aromatic nitrogens is 2. The maximum absolute atomic E-state index is 11.0. The van der Waals surface area contributed by atoms with E-state index in [1.807, 2.05) is 6.92 Å². The zero-order chi connectivity index (χ0) is 10.4. The average molecular weight is 198 g/mol. The largest absolute Gasteiger partial charge is 0.466 e. The van der Waals surface area contributed by atoms with Crippen LogP contribution < -0.4 is 0 Å². The van der Waals surface area contributed by atoms with Crippen LogP contribution in [-0.4, -0.2) is 22.7 Å². The number of nitrogens with zero attached hydrogens (tertiary/aromatic N) is 2. The minimum absolute atomic E-state index is 0.0601. The van der Waals surface area contributed by atoms with Gasteiger partial charge in [-0.3, -0.25) is 4.79 Å². The van der Waals surface area contributed by atoms with E-state index in [9.17, 15) is 4.79 Å². The number of hydrogen-bond acceptors (Lipinski definition) is 5. The zero-order valence-corrected chi connectivity index (χ0v) is 8.45. The van der Waals surface area contributed by atoms with Crippen LogP contribution in [0.5, 0.6) is 0 Å². The molecule has 0 saturated heterocycles. The number of esters is 1. The van der Waals surface area contributed by atoms with E-state index in [0.29, 0.717) is 18.3 Å². The van der Waals surface area contributed by atoms with E-state index in [1.165, 1.54) is 0 Å². The van der Waals surface area contributed by atoms with Gasteiger partial charge in [-0.2, -0.15) is 4.98 Å². The highest BCUT2D eigenvalue weighted by atomic mass is 16.5. The Bertz CT molecular complexity index is 296. The molecule has 0 spiro atoms. The van der Waals surface area contributed by atoms with E-state index >= 15 is 0 Å². The topological polar surface area (TPSA) is 65.2 Å². The fraction of sp³-hybridized carbons (Fsp3) is 0.667. The summed E-state index contributed by atoms with van der Waals surface area (Å²) in [4.78, 5) is 15.1. The van der Waals surface area contributed by atoms with E-state index in [-0.39, 0.29) is 12.4 Å². The summed E-state index contributed by atoms with van der Waals surface area (Å²) in [7, 11) is 0. The van der Waals surface area contributed by atoms with Crippen molar-refractivity contribution in [3.8, 4) is 0 Å². The molecule has 0 bridgehead atoms. The van der Waals surface area contributed by atoms with E-state index in [1.54, 1.807) is 6.92 Å². The Morgan fingerprint density at radius 3 is 2.93 bits per heavy atom. The predicted octanol–water partition coefficient (Wildman–Crippen LogP) is 1.13. The molecule has 0 aliphatic heterocycles. The molecular weight excluding hydrogens is 184 g/mol. The smallest absolute Gasteiger partial charge is 0.315 e. The zero-order valence-electron chi connectivity index (χ0n) is 8.45. The molecule has 0 N–H and O–H groups in total. The number of carbonyl (C=O) groups is 1. The summed E-state index contributed by atoms with van der Waals surface area (Å²) in [5.41, 5.74) is 0. The number of carbonyl (C=O) groups excluding carboxylic acids is 1. The second-order valence-corrected chi connectivity index (χ2v) is 2.84. The molecule has 0 aromatic carbocycles. The van der Waals surface area contributed by atoms with Crippen LogP contribution in [0.1, 0.15) is 32.0 Å². The van der Waals surface area contributed by atoms with Gasteiger partial charge in [-0.25, -0.2) is 0 Å². The molecule has 0 aliphatic carbocycles. The predicted molar refractivity (Wildman–Crippen MR) is 48.6 cm³/mol. The first kappa shape index (κ1) is 10.7. The quantitative estimate of drug-likeness (QED) is 0.663. The van der Waals surface area contributed by atoms with Gasteiger partial charge < -0.3 is 9.26 Å². The molecule has 0 unspecified atom stereocenters. The minimum atomic E-state index is -0.334. The Labute approximate surface area is 82.4 Å². The molecule has 5 nitrogen and oxygen atoms in total. The van der Waals surface area contributed by atoms with Crippen LogP contribution in [0.2, 0.25) is 0 Å². The summed E-state index contributed by atoms with van der Waals surface area (Å²) < 4.78 is 9.62. The van der Waals surface area contributed by atoms with Crippen molar-refractivity contribution in [3.05, 3.63) is 11.7 Å². The molecule has 0 fully saturated rings. The Balaban J connectivity index is 2.46. The van der Waals surface area contributed by atoms with Crippen molar-refractivity contribution >= 4 is 5.97 Å². The van der Waals surface area contributed by atoms with Crippen molar-refractivity contribution in [2.45, 2.75) is 33.1 Å². The Morgan fingerprint density at radius 2 is 2.29 bits per heavy atom. The van der Waals surface area contributed by atoms with Gasteiger partial charge in [0.2, 0.25) is 5.89 Å². The molecule has 1 aromatic rings. The highest BCUT2D eigenvalue weighted by molar-refractivity contribution is 5.71. The lowest BCUT2D eigenvalue weighted by Gasteiger charge is -1.96. The van der Waals surface area contributed by atoms with Crippen molar-refractivity contribution < 1.29 is 14.1 Å². The van der Waals surface area contributed by atoms with Gasteiger partial charge in [0.15, 0.2) is 5.82 Å². The first-order valence-corrected chi connectivity index (χ1v) is 4.73. The van der Waals surface area contributed by atoms with Crippen LogP contribution in [0.25, 0.3) is 0 Å². The van der Waals surface area contributed by atoms with Gasteiger partial charge in [0.05, 0.1) is 6.61 Å². The SMILES string of the molecule is CCCc1noc(CC(=O)OCC)n1. The molecule has 14 heavy (non-hydrogen) atoms. The number of aryl methyl sites for hydroxylation is 1. The van der Waals surface area contributed by atoms with Crippen LogP contribution in [0.3, 0.4) is 0 Å². The molecule has 0 amide bonds. The summed E-state index contributed by atoms with van der Waals surface area (Å²) in [6.07, 6.45) is 1.79. The second-order valence-electron chi connectivity index (χ2n) is 2.84. The monoisotopic (exact) mass is 198 g/mol. The maximum atomic E-state index is 11.0. The van der Waals surface area contributed by atoms with Gasteiger partial charge in [-0.05, 0) is 13.3 Å². The van der Waals surface area contributed by atoms with Crippen LogP contribution in [0.4, 0.5) is 0 Å². The van der Waals surface area contributed by atoms with Gasteiger partial charge in [0, 0.05) is 6.42 Å². The van der Waals surface area contributed by atoms with Crippen molar-refractivity contribution in [1.82, 2.24) is 10.1 Å². The van der Waals surface area contributed by atoms with Crippen LogP contribution >= 0.6 is 0 Å². The molecule has 5 heteroatoms. The van der Waals surface area contributed by atoms with Crippen molar-refractivity contribution in [1.29, 1.82) is 0 Å². The summed E-state index contributed by atoms with van der Waals surface area (Å²) in [5.74, 6) is 0.637. The number of ether oxygens (including phenoxy) is 1. The van der Waals surface area contributed by atoms with Crippen LogP contribution in [0.15, 0.2) is 4.52 Å². The standard InChI is InChI=1S/C9H14N2O3/c1-3-5-7-10-8(14-11-7)6-9(12)13-4-2/h3-6H2,1-2H3. The summed E-state index contributed by atoms with van der Waals surface area (Å²) in [6, 6.07) is 0. The van der Waals surface area contributed by atoms with Gasteiger partial charge in [-0.15, -0.1) is 0 Å². The fourth-order valence-corrected chi connectivity index (χ4v) is 1.02. The van der Waals surface area contributed by atoms with Crippen molar-refractivity contribution in [2.75, 3.05) is 6.61 Å². The van der Waals surface area contributed by atoms with Gasteiger partial charge in [0.1, 0.15) is 6.42 Å². The minimum Gasteiger partial charge on any atom is -0.466 e. The maximum Gasteiger partial charge on any atom is 0.315 e. The lowest BCUT2D eigenvalue weighted by atomic mass is 10.3. The number of rotatable bonds is 5. The summed E-state index contributed by atoms with van der Waals surface area (Å²) >= 11 is 0. The molecule has 0 aliphatic rings. The highest BCUT2D eigenvalue weighted by Crippen LogP contribution is 2.01. The first-order chi connectivity index (χ1) is 6.76. The first-order valence-electron chi connectivity index (χ1n) is 4.73. The Kier molecular flexibility index (Phi) is 4.10. The third-order valence-electron chi connectivity index (χ3n) is 1.58. The average Bonchev–Trinajstić information content (AvgIpc) is 2.53. The third kappa shape index (κ3) is 3.16. The molecule has 1 rings (SSSR count). The normalized spacial score (nSPS) is 10.1. The fourth-order valence-electron chi connectivity index (χ4n) is 1.02. The molecule has 1 aromatic heterocycles. The van der Waals surface area contributed by atoms with E-state index in [2.05, 4.69) is 10.1 Å². The molecular formula is C9H14N2O3.